The van der Waals surface area contributed by atoms with E-state index in [1.165, 1.54) is 4.88 Å². The molecule has 134 valence electrons. The highest BCUT2D eigenvalue weighted by Gasteiger charge is 2.38. The largest absolute Gasteiger partial charge is 0.456 e. The third-order valence-electron chi connectivity index (χ3n) is 4.83. The van der Waals surface area contributed by atoms with Gasteiger partial charge in [-0.25, -0.2) is 4.98 Å². The number of aromatic nitrogens is 1. The Morgan fingerprint density at radius 2 is 2.35 bits per heavy atom. The van der Waals surface area contributed by atoms with Gasteiger partial charge in [0.25, 0.3) is 0 Å². The zero-order chi connectivity index (χ0) is 18.3. The van der Waals surface area contributed by atoms with Gasteiger partial charge in [0.2, 0.25) is 0 Å². The number of hydrogen-bond acceptors (Lipinski definition) is 6. The van der Waals surface area contributed by atoms with Gasteiger partial charge in [-0.2, -0.15) is 5.26 Å². The average molecular weight is 452 g/mol. The number of anilines is 1. The van der Waals surface area contributed by atoms with Crippen molar-refractivity contribution in [2.75, 3.05) is 5.32 Å². The number of fused-ring (bicyclic) bond motifs is 1. The number of furan rings is 1. The summed E-state index contributed by atoms with van der Waals surface area (Å²) in [5, 5.41) is 15.1. The lowest BCUT2D eigenvalue weighted by molar-refractivity contribution is 0.450. The third-order valence-corrected chi connectivity index (χ3v) is 6.67. The van der Waals surface area contributed by atoms with Crippen molar-refractivity contribution < 1.29 is 4.42 Å². The van der Waals surface area contributed by atoms with Gasteiger partial charge in [-0.1, -0.05) is 17.7 Å². The first-order chi connectivity index (χ1) is 12.6. The van der Waals surface area contributed by atoms with Crippen LogP contribution in [0.15, 0.2) is 32.5 Å². The van der Waals surface area contributed by atoms with Gasteiger partial charge in [-0.15, -0.1) is 11.3 Å². The summed E-state index contributed by atoms with van der Waals surface area (Å²) in [4.78, 5) is 5.63. The van der Waals surface area contributed by atoms with Gasteiger partial charge < -0.3 is 15.5 Å². The van der Waals surface area contributed by atoms with E-state index in [9.17, 15) is 5.26 Å². The van der Waals surface area contributed by atoms with E-state index >= 15 is 0 Å². The fourth-order valence-corrected chi connectivity index (χ4v) is 4.95. The lowest BCUT2D eigenvalue weighted by Gasteiger charge is -2.14. The van der Waals surface area contributed by atoms with E-state index in [1.807, 2.05) is 11.4 Å². The zero-order valence-electron chi connectivity index (χ0n) is 13.7. The van der Waals surface area contributed by atoms with Gasteiger partial charge in [-0.05, 0) is 40.2 Å². The molecule has 0 saturated heterocycles. The van der Waals surface area contributed by atoms with Crippen LogP contribution in [-0.2, 0) is 6.54 Å². The molecule has 0 unspecified atom stereocenters. The minimum atomic E-state index is -0.241. The standard InChI is InChI=1S/C18H16BrClN4OS/c19-14-16-18(25-17(14)11-4-3-9(7-21)15(11)22)12(6-13(20)24-16)23-8-10-2-1-5-26-10/h1-2,5-6,9,11,15H,3-4,8,22H2,(H,23,24)/t9-,11+,15+/m1/s1. The molecule has 4 rings (SSSR count). The lowest BCUT2D eigenvalue weighted by atomic mass is 9.97. The van der Waals surface area contributed by atoms with Crippen molar-refractivity contribution in [1.82, 2.24) is 4.98 Å². The number of pyridine rings is 1. The molecule has 0 spiro atoms. The van der Waals surface area contributed by atoms with Crippen LogP contribution in [0.1, 0.15) is 29.4 Å². The van der Waals surface area contributed by atoms with Gasteiger partial charge in [0.05, 0.1) is 22.1 Å². The molecule has 3 aromatic heterocycles. The summed E-state index contributed by atoms with van der Waals surface area (Å²) in [5.41, 5.74) is 8.41. The van der Waals surface area contributed by atoms with Crippen molar-refractivity contribution >= 4 is 55.7 Å². The Kier molecular flexibility index (Phi) is 4.93. The zero-order valence-corrected chi connectivity index (χ0v) is 16.9. The van der Waals surface area contributed by atoms with Crippen molar-refractivity contribution in [2.24, 2.45) is 11.7 Å². The molecule has 1 aliphatic carbocycles. The molecule has 1 saturated carbocycles. The Morgan fingerprint density at radius 1 is 1.50 bits per heavy atom. The van der Waals surface area contributed by atoms with Gasteiger partial charge in [0.15, 0.2) is 5.58 Å². The number of hydrogen-bond donors (Lipinski definition) is 2. The minimum Gasteiger partial charge on any atom is -0.456 e. The van der Waals surface area contributed by atoms with Crippen LogP contribution in [0, 0.1) is 17.2 Å². The Labute approximate surface area is 168 Å². The maximum absolute atomic E-state index is 9.24. The van der Waals surface area contributed by atoms with Crippen molar-refractivity contribution in [3.8, 4) is 6.07 Å². The molecule has 5 nitrogen and oxygen atoms in total. The van der Waals surface area contributed by atoms with Crippen LogP contribution < -0.4 is 11.1 Å². The summed E-state index contributed by atoms with van der Waals surface area (Å²) < 4.78 is 6.96. The second-order valence-corrected chi connectivity index (χ2v) is 8.59. The second kappa shape index (κ2) is 7.20. The van der Waals surface area contributed by atoms with Crippen molar-refractivity contribution in [3.63, 3.8) is 0 Å². The smallest absolute Gasteiger partial charge is 0.177 e. The first-order valence-corrected chi connectivity index (χ1v) is 10.3. The van der Waals surface area contributed by atoms with Crippen LogP contribution in [0.3, 0.4) is 0 Å². The second-order valence-electron chi connectivity index (χ2n) is 6.38. The Morgan fingerprint density at radius 3 is 3.04 bits per heavy atom. The molecule has 8 heteroatoms. The summed E-state index contributed by atoms with van der Waals surface area (Å²) in [6, 6.07) is 7.91. The molecule has 3 N–H and O–H groups in total. The van der Waals surface area contributed by atoms with Crippen LogP contribution in [-0.4, -0.2) is 11.0 Å². The van der Waals surface area contributed by atoms with E-state index in [2.05, 4.69) is 38.4 Å². The van der Waals surface area contributed by atoms with Crippen LogP contribution in [0.4, 0.5) is 5.69 Å². The Hall–Kier alpha value is -1.59. The summed E-state index contributed by atoms with van der Waals surface area (Å²) in [6.07, 6.45) is 1.60. The molecule has 3 aromatic rings. The fourth-order valence-electron chi connectivity index (χ4n) is 3.47. The molecule has 0 bridgehead atoms. The van der Waals surface area contributed by atoms with Gasteiger partial charge in [0, 0.05) is 29.4 Å². The molecule has 0 aliphatic heterocycles. The molecule has 0 aromatic carbocycles. The predicted molar refractivity (Wildman–Crippen MR) is 107 cm³/mol. The van der Waals surface area contributed by atoms with Gasteiger partial charge >= 0.3 is 0 Å². The quantitative estimate of drug-likeness (QED) is 0.528. The summed E-state index contributed by atoms with van der Waals surface area (Å²) in [5.74, 6) is 0.597. The van der Waals surface area contributed by atoms with Crippen molar-refractivity contribution in [3.05, 3.63) is 43.8 Å². The van der Waals surface area contributed by atoms with E-state index < -0.39 is 0 Å². The number of nitrogens with two attached hydrogens (primary N) is 1. The maximum atomic E-state index is 9.24. The van der Waals surface area contributed by atoms with Gasteiger partial charge in [-0.3, -0.25) is 0 Å². The monoisotopic (exact) mass is 450 g/mol. The lowest BCUT2D eigenvalue weighted by Crippen LogP contribution is -2.29. The van der Waals surface area contributed by atoms with E-state index in [0.717, 1.165) is 28.8 Å². The normalized spacial score (nSPS) is 22.6. The van der Waals surface area contributed by atoms with E-state index in [4.69, 9.17) is 21.8 Å². The van der Waals surface area contributed by atoms with Crippen LogP contribution in [0.25, 0.3) is 11.1 Å². The average Bonchev–Trinajstić information content (AvgIpc) is 3.33. The van der Waals surface area contributed by atoms with Crippen LogP contribution in [0.5, 0.6) is 0 Å². The number of nitriles is 1. The molecular formula is C18H16BrClN4OS. The molecule has 26 heavy (non-hydrogen) atoms. The molecule has 0 amide bonds. The van der Waals surface area contributed by atoms with E-state index in [-0.39, 0.29) is 17.9 Å². The van der Waals surface area contributed by atoms with Crippen LogP contribution >= 0.6 is 38.9 Å². The highest BCUT2D eigenvalue weighted by molar-refractivity contribution is 9.10. The Bertz CT molecular complexity index is 981. The van der Waals surface area contributed by atoms with Crippen molar-refractivity contribution in [1.29, 1.82) is 5.26 Å². The van der Waals surface area contributed by atoms with E-state index in [0.29, 0.717) is 22.8 Å². The molecule has 3 atom stereocenters. The van der Waals surface area contributed by atoms with Gasteiger partial charge in [0.1, 0.15) is 16.4 Å². The number of nitrogens with one attached hydrogen (secondary N) is 1. The number of thiophene rings is 1. The number of nitrogens with zero attached hydrogens (tertiary/aromatic N) is 2. The minimum absolute atomic E-state index is 0.00727. The Balaban J connectivity index is 1.72. The summed E-state index contributed by atoms with van der Waals surface area (Å²) >= 11 is 11.5. The highest BCUT2D eigenvalue weighted by Crippen LogP contribution is 2.45. The highest BCUT2D eigenvalue weighted by atomic mass is 79.9. The fraction of sp³-hybridized carbons (Fsp3) is 0.333. The summed E-state index contributed by atoms with van der Waals surface area (Å²) in [6.45, 7) is 0.681. The third kappa shape index (κ3) is 3.12. The summed E-state index contributed by atoms with van der Waals surface area (Å²) in [7, 11) is 0. The molecule has 1 aliphatic rings. The van der Waals surface area contributed by atoms with Crippen LogP contribution in [0.2, 0.25) is 5.15 Å². The SMILES string of the molecule is N#C[C@H]1CC[C@H](c2oc3c(NCc4cccs4)cc(Cl)nc3c2Br)[C@H]1N. The number of rotatable bonds is 4. The molecule has 0 radical (unpaired) electrons. The number of halogens is 2. The first-order valence-electron chi connectivity index (χ1n) is 8.28. The predicted octanol–water partition coefficient (Wildman–Crippen LogP) is 5.26. The molecule has 1 fully saturated rings. The topological polar surface area (TPSA) is 87.9 Å². The molecule has 3 heterocycles. The molecular weight excluding hydrogens is 436 g/mol. The maximum Gasteiger partial charge on any atom is 0.177 e. The van der Waals surface area contributed by atoms with E-state index in [1.54, 1.807) is 17.4 Å². The van der Waals surface area contributed by atoms with Crippen molar-refractivity contribution in [2.45, 2.75) is 31.3 Å². The first kappa shape index (κ1) is 17.8.